The molecule has 1 heterocycles. The van der Waals surface area contributed by atoms with Crippen LogP contribution < -0.4 is 10.9 Å². The molecule has 0 radical (unpaired) electrons. The van der Waals surface area contributed by atoms with E-state index in [2.05, 4.69) is 26.2 Å². The first-order valence-electron chi connectivity index (χ1n) is 5.51. The number of nitrogens with one attached hydrogen (secondary N) is 2. The summed E-state index contributed by atoms with van der Waals surface area (Å²) in [7, 11) is 0. The maximum atomic E-state index is 12.0. The van der Waals surface area contributed by atoms with Crippen LogP contribution in [0, 0.1) is 0 Å². The first-order valence-corrected chi connectivity index (χ1v) is 6.30. The third-order valence-corrected chi connectivity index (χ3v) is 3.02. The Labute approximate surface area is 121 Å². The van der Waals surface area contributed by atoms with Crippen molar-refractivity contribution in [1.29, 1.82) is 0 Å². The normalized spacial score (nSPS) is 10.1. The fraction of sp³-hybridized carbons (Fsp3) is 0. The highest BCUT2D eigenvalue weighted by Gasteiger charge is 2.15. The molecule has 1 amide bonds. The molecule has 1 aromatic carbocycles. The average Bonchev–Trinajstić information content (AvgIpc) is 2.38. The van der Waals surface area contributed by atoms with Crippen LogP contribution in [0.1, 0.15) is 20.7 Å². The molecular weight excluding hydrogens is 328 g/mol. The zero-order valence-corrected chi connectivity index (χ0v) is 11.6. The zero-order valence-electron chi connectivity index (χ0n) is 10.0. The molecule has 0 spiro atoms. The van der Waals surface area contributed by atoms with Gasteiger partial charge in [0.1, 0.15) is 5.56 Å². The van der Waals surface area contributed by atoms with Crippen LogP contribution in [0.3, 0.4) is 0 Å². The lowest BCUT2D eigenvalue weighted by atomic mass is 10.1. The van der Waals surface area contributed by atoms with E-state index >= 15 is 0 Å². The molecule has 0 fully saturated rings. The van der Waals surface area contributed by atoms with E-state index in [4.69, 9.17) is 5.11 Å². The molecule has 0 atom stereocenters. The van der Waals surface area contributed by atoms with E-state index in [1.54, 1.807) is 6.07 Å². The number of carboxylic acid groups (broad SMARTS) is 1. The first kappa shape index (κ1) is 14.0. The van der Waals surface area contributed by atoms with E-state index in [1.807, 2.05) is 0 Å². The second-order valence-electron chi connectivity index (χ2n) is 3.86. The summed E-state index contributed by atoms with van der Waals surface area (Å²) < 4.78 is 0.611. The number of carbonyl (C=O) groups excluding carboxylic acids is 1. The molecule has 0 saturated heterocycles. The molecule has 3 N–H and O–H groups in total. The number of carboxylic acids is 1. The van der Waals surface area contributed by atoms with E-state index in [0.717, 1.165) is 0 Å². The van der Waals surface area contributed by atoms with E-state index in [-0.39, 0.29) is 16.8 Å². The smallest absolute Gasteiger partial charge is 0.337 e. The van der Waals surface area contributed by atoms with Gasteiger partial charge in [-0.15, -0.1) is 0 Å². The highest BCUT2D eigenvalue weighted by Crippen LogP contribution is 2.22. The number of benzene rings is 1. The Morgan fingerprint density at radius 1 is 1.20 bits per heavy atom. The number of hydrogen-bond acceptors (Lipinski definition) is 3. The summed E-state index contributed by atoms with van der Waals surface area (Å²) in [5, 5.41) is 11.5. The minimum atomic E-state index is -1.17. The summed E-state index contributed by atoms with van der Waals surface area (Å²) in [6.45, 7) is 0. The Bertz CT molecular complexity index is 739. The number of H-pyrrole nitrogens is 1. The number of amides is 1. The van der Waals surface area contributed by atoms with Gasteiger partial charge in [-0.2, -0.15) is 0 Å². The van der Waals surface area contributed by atoms with Gasteiger partial charge in [0.25, 0.3) is 11.5 Å². The number of halogens is 1. The van der Waals surface area contributed by atoms with Gasteiger partial charge in [-0.25, -0.2) is 4.79 Å². The van der Waals surface area contributed by atoms with Gasteiger partial charge in [-0.05, 0) is 30.3 Å². The molecule has 7 heteroatoms. The minimum absolute atomic E-state index is 0.0612. The summed E-state index contributed by atoms with van der Waals surface area (Å²) in [6.07, 6.45) is 1.40. The van der Waals surface area contributed by atoms with Crippen LogP contribution in [0.5, 0.6) is 0 Å². The van der Waals surface area contributed by atoms with Crippen molar-refractivity contribution in [3.8, 4) is 0 Å². The van der Waals surface area contributed by atoms with E-state index in [1.165, 1.54) is 30.5 Å². The predicted octanol–water partition coefficient (Wildman–Crippen LogP) is 2.09. The second kappa shape index (κ2) is 5.70. The van der Waals surface area contributed by atoms with Gasteiger partial charge >= 0.3 is 5.97 Å². The number of aromatic nitrogens is 1. The van der Waals surface area contributed by atoms with Crippen molar-refractivity contribution in [3.63, 3.8) is 0 Å². The van der Waals surface area contributed by atoms with Gasteiger partial charge in [-0.1, -0.05) is 15.9 Å². The summed E-state index contributed by atoms with van der Waals surface area (Å²) in [4.78, 5) is 36.9. The van der Waals surface area contributed by atoms with Crippen LogP contribution >= 0.6 is 15.9 Å². The number of anilines is 1. The molecule has 1 aromatic heterocycles. The highest BCUT2D eigenvalue weighted by molar-refractivity contribution is 9.10. The number of aromatic carboxylic acids is 1. The van der Waals surface area contributed by atoms with Crippen molar-refractivity contribution in [3.05, 3.63) is 62.5 Å². The average molecular weight is 337 g/mol. The quantitative estimate of drug-likeness (QED) is 0.798. The van der Waals surface area contributed by atoms with Crippen LogP contribution in [0.4, 0.5) is 5.69 Å². The molecule has 102 valence electrons. The standard InChI is InChI=1S/C13H9BrN2O4/c14-7-3-4-8(13(19)20)10(6-7)16-12(18)9-2-1-5-15-11(9)17/h1-6H,(H,15,17)(H,16,18)(H,19,20). The number of carbonyl (C=O) groups is 2. The summed E-state index contributed by atoms with van der Waals surface area (Å²) in [5.41, 5.74) is -0.588. The fourth-order valence-electron chi connectivity index (χ4n) is 1.60. The number of hydrogen-bond donors (Lipinski definition) is 3. The third kappa shape index (κ3) is 2.94. The molecular formula is C13H9BrN2O4. The molecule has 2 aromatic rings. The number of rotatable bonds is 3. The van der Waals surface area contributed by atoms with Gasteiger partial charge in [0.2, 0.25) is 0 Å². The number of aromatic amines is 1. The molecule has 2 rings (SSSR count). The lowest BCUT2D eigenvalue weighted by Gasteiger charge is -2.08. The highest BCUT2D eigenvalue weighted by atomic mass is 79.9. The molecule has 0 bridgehead atoms. The van der Waals surface area contributed by atoms with Gasteiger partial charge in [-0.3, -0.25) is 9.59 Å². The van der Waals surface area contributed by atoms with Crippen molar-refractivity contribution in [2.45, 2.75) is 0 Å². The molecule has 0 aliphatic heterocycles. The van der Waals surface area contributed by atoms with Crippen molar-refractivity contribution in [2.75, 3.05) is 5.32 Å². The molecule has 6 nitrogen and oxygen atoms in total. The van der Waals surface area contributed by atoms with Gasteiger partial charge < -0.3 is 15.4 Å². The van der Waals surface area contributed by atoms with Crippen LogP contribution in [-0.2, 0) is 0 Å². The Morgan fingerprint density at radius 2 is 1.95 bits per heavy atom. The van der Waals surface area contributed by atoms with Gasteiger partial charge in [0.15, 0.2) is 0 Å². The lowest BCUT2D eigenvalue weighted by Crippen LogP contribution is -2.23. The van der Waals surface area contributed by atoms with Crippen LogP contribution in [0.2, 0.25) is 0 Å². The van der Waals surface area contributed by atoms with E-state index in [0.29, 0.717) is 4.47 Å². The zero-order chi connectivity index (χ0) is 14.7. The molecule has 0 aliphatic carbocycles. The Morgan fingerprint density at radius 3 is 2.60 bits per heavy atom. The fourth-order valence-corrected chi connectivity index (χ4v) is 1.96. The van der Waals surface area contributed by atoms with E-state index < -0.39 is 17.4 Å². The topological polar surface area (TPSA) is 99.3 Å². The van der Waals surface area contributed by atoms with E-state index in [9.17, 15) is 14.4 Å². The predicted molar refractivity (Wildman–Crippen MR) is 76.1 cm³/mol. The van der Waals surface area contributed by atoms with Crippen molar-refractivity contribution < 1.29 is 14.7 Å². The monoisotopic (exact) mass is 336 g/mol. The summed E-state index contributed by atoms with van der Waals surface area (Å²) >= 11 is 3.19. The van der Waals surface area contributed by atoms with Gasteiger partial charge in [0, 0.05) is 10.7 Å². The number of pyridine rings is 1. The first-order chi connectivity index (χ1) is 9.49. The van der Waals surface area contributed by atoms with Crippen LogP contribution in [-0.4, -0.2) is 22.0 Å². The van der Waals surface area contributed by atoms with Crippen molar-refractivity contribution >= 4 is 33.5 Å². The van der Waals surface area contributed by atoms with Crippen molar-refractivity contribution in [2.24, 2.45) is 0 Å². The van der Waals surface area contributed by atoms with Crippen LogP contribution in [0.25, 0.3) is 0 Å². The van der Waals surface area contributed by atoms with Crippen LogP contribution in [0.15, 0.2) is 45.8 Å². The lowest BCUT2D eigenvalue weighted by molar-refractivity contribution is 0.0698. The summed E-state index contributed by atoms with van der Waals surface area (Å²) in [5.74, 6) is -1.85. The maximum Gasteiger partial charge on any atom is 0.337 e. The second-order valence-corrected chi connectivity index (χ2v) is 4.78. The molecule has 20 heavy (non-hydrogen) atoms. The Kier molecular flexibility index (Phi) is 3.99. The minimum Gasteiger partial charge on any atom is -0.478 e. The Balaban J connectivity index is 2.38. The third-order valence-electron chi connectivity index (χ3n) is 2.52. The molecule has 0 saturated carbocycles. The maximum absolute atomic E-state index is 12.0. The Hall–Kier alpha value is -2.41. The summed E-state index contributed by atoms with van der Waals surface area (Å²) in [6, 6.07) is 7.23. The molecule has 0 aliphatic rings. The van der Waals surface area contributed by atoms with Gasteiger partial charge in [0.05, 0.1) is 11.3 Å². The SMILES string of the molecule is O=C(O)c1ccc(Br)cc1NC(=O)c1ccc[nH]c1=O. The largest absolute Gasteiger partial charge is 0.478 e. The molecule has 0 unspecified atom stereocenters. The van der Waals surface area contributed by atoms with Crippen molar-refractivity contribution in [1.82, 2.24) is 4.98 Å².